The number of ether oxygens (including phenoxy) is 1. The van der Waals surface area contributed by atoms with E-state index in [-0.39, 0.29) is 57.4 Å². The molecule has 5 rings (SSSR count). The number of carbonyl (C=O) groups excluding carboxylic acids is 1. The summed E-state index contributed by atoms with van der Waals surface area (Å²) in [6, 6.07) is 9.37. The van der Waals surface area contributed by atoms with Gasteiger partial charge in [0.15, 0.2) is 5.82 Å². The Kier molecular flexibility index (Phi) is 7.88. The first-order valence-corrected chi connectivity index (χ1v) is 13.8. The molecular formula is C32H30F5N3O4. The fourth-order valence-corrected chi connectivity index (χ4v) is 5.15. The van der Waals surface area contributed by atoms with Crippen LogP contribution in [0.2, 0.25) is 0 Å². The van der Waals surface area contributed by atoms with Gasteiger partial charge >= 0.3 is 6.18 Å². The van der Waals surface area contributed by atoms with Crippen LogP contribution in [0.15, 0.2) is 48.5 Å². The van der Waals surface area contributed by atoms with Gasteiger partial charge in [-0.1, -0.05) is 12.1 Å². The molecule has 1 atom stereocenters. The van der Waals surface area contributed by atoms with Gasteiger partial charge in [0.2, 0.25) is 5.95 Å². The van der Waals surface area contributed by atoms with Gasteiger partial charge in [0.1, 0.15) is 22.6 Å². The topological polar surface area (TPSA) is 105 Å². The zero-order valence-electron chi connectivity index (χ0n) is 24.3. The molecule has 1 saturated carbocycles. The summed E-state index contributed by atoms with van der Waals surface area (Å²) in [7, 11) is 1.36. The van der Waals surface area contributed by atoms with Gasteiger partial charge in [0, 0.05) is 27.6 Å². The Hall–Kier alpha value is -4.16. The number of nitrogens with one attached hydrogen (secondary N) is 1. The summed E-state index contributed by atoms with van der Waals surface area (Å²) in [5.74, 6) is -2.43. The van der Waals surface area contributed by atoms with Crippen LogP contribution in [0.1, 0.15) is 59.4 Å². The molecule has 0 unspecified atom stereocenters. The zero-order valence-corrected chi connectivity index (χ0v) is 24.3. The van der Waals surface area contributed by atoms with E-state index in [1.54, 1.807) is 0 Å². The highest BCUT2D eigenvalue weighted by atomic mass is 19.4. The Morgan fingerprint density at radius 2 is 1.68 bits per heavy atom. The molecule has 4 aromatic rings. The summed E-state index contributed by atoms with van der Waals surface area (Å²) in [5, 5.41) is 25.9. The SMILES string of the molecule is COc1cc(C(=O)NC[C@](O)(c2cc(C(C)(C)O)c(F)c(-c3ccc(C(F)(F)F)cc3)n2)C2CC2)cc2cc(C)c(F)nc12. The minimum atomic E-state index is -4.60. The quantitative estimate of drug-likeness (QED) is 0.162. The molecule has 0 saturated heterocycles. The van der Waals surface area contributed by atoms with Crippen molar-refractivity contribution in [2.75, 3.05) is 13.7 Å². The lowest BCUT2D eigenvalue weighted by Gasteiger charge is -2.31. The van der Waals surface area contributed by atoms with Crippen molar-refractivity contribution < 1.29 is 41.7 Å². The minimum absolute atomic E-state index is 0.00799. The van der Waals surface area contributed by atoms with Crippen molar-refractivity contribution in [1.82, 2.24) is 15.3 Å². The van der Waals surface area contributed by atoms with Gasteiger partial charge in [0.25, 0.3) is 5.91 Å². The average Bonchev–Trinajstić information content (AvgIpc) is 3.81. The number of alkyl halides is 3. The van der Waals surface area contributed by atoms with Crippen LogP contribution in [-0.4, -0.2) is 39.7 Å². The van der Waals surface area contributed by atoms with Gasteiger partial charge in [-0.25, -0.2) is 14.4 Å². The zero-order chi connectivity index (χ0) is 32.2. The molecule has 7 nitrogen and oxygen atoms in total. The fraction of sp³-hybridized carbons (Fsp3) is 0.344. The van der Waals surface area contributed by atoms with Crippen LogP contribution in [-0.2, 0) is 17.4 Å². The van der Waals surface area contributed by atoms with Crippen LogP contribution in [0, 0.1) is 24.6 Å². The largest absolute Gasteiger partial charge is 0.494 e. The summed E-state index contributed by atoms with van der Waals surface area (Å²) < 4.78 is 74.6. The molecule has 0 radical (unpaired) electrons. The molecule has 2 heterocycles. The predicted octanol–water partition coefficient (Wildman–Crippen LogP) is 6.17. The van der Waals surface area contributed by atoms with Gasteiger partial charge in [-0.15, -0.1) is 0 Å². The van der Waals surface area contributed by atoms with Crippen LogP contribution in [0.5, 0.6) is 5.75 Å². The first kappa shape index (κ1) is 31.3. The average molecular weight is 616 g/mol. The molecule has 0 aliphatic heterocycles. The Balaban J connectivity index is 1.52. The molecule has 0 spiro atoms. The van der Waals surface area contributed by atoms with Crippen LogP contribution in [0.3, 0.4) is 0 Å². The standard InChI is InChI=1S/C32H30F5N3O4/c1-16-11-18-12-19(13-23(44-4)26(18)40-28(16)34)29(41)38-15-31(43,20-9-10-20)24-14-22(30(2,3)42)25(33)27(39-24)17-5-7-21(8-6-17)32(35,36)37/h5-8,11-14,20,42-43H,9-10,15H2,1-4H3,(H,38,41)/t31-/m1/s1. The molecule has 12 heteroatoms. The highest BCUT2D eigenvalue weighted by Crippen LogP contribution is 2.46. The van der Waals surface area contributed by atoms with Crippen molar-refractivity contribution in [1.29, 1.82) is 0 Å². The molecule has 44 heavy (non-hydrogen) atoms. The molecule has 2 aromatic carbocycles. The lowest BCUT2D eigenvalue weighted by molar-refractivity contribution is -0.137. The van der Waals surface area contributed by atoms with Gasteiger partial charge in [-0.3, -0.25) is 4.79 Å². The van der Waals surface area contributed by atoms with Crippen molar-refractivity contribution in [3.63, 3.8) is 0 Å². The number of amides is 1. The van der Waals surface area contributed by atoms with Gasteiger partial charge in [-0.05, 0) is 75.9 Å². The molecule has 1 amide bonds. The number of hydrogen-bond acceptors (Lipinski definition) is 6. The van der Waals surface area contributed by atoms with Crippen molar-refractivity contribution in [3.05, 3.63) is 88.2 Å². The highest BCUT2D eigenvalue weighted by molar-refractivity contribution is 6.00. The summed E-state index contributed by atoms with van der Waals surface area (Å²) in [6.45, 7) is 3.85. The molecule has 1 aliphatic rings. The number of benzene rings is 2. The number of aromatic nitrogens is 2. The molecular weight excluding hydrogens is 585 g/mol. The second-order valence-corrected chi connectivity index (χ2v) is 11.6. The third-order valence-electron chi connectivity index (χ3n) is 7.81. The third kappa shape index (κ3) is 5.96. The fourth-order valence-electron chi connectivity index (χ4n) is 5.15. The van der Waals surface area contributed by atoms with E-state index in [4.69, 9.17) is 4.74 Å². The highest BCUT2D eigenvalue weighted by Gasteiger charge is 2.47. The van der Waals surface area contributed by atoms with Crippen molar-refractivity contribution in [2.24, 2.45) is 5.92 Å². The maximum absolute atomic E-state index is 15.7. The Labute approximate surface area is 249 Å². The number of nitrogens with zero attached hydrogens (tertiary/aromatic N) is 2. The number of hydrogen-bond donors (Lipinski definition) is 3. The van der Waals surface area contributed by atoms with Crippen LogP contribution >= 0.6 is 0 Å². The van der Waals surface area contributed by atoms with E-state index in [0.29, 0.717) is 18.2 Å². The predicted molar refractivity (Wildman–Crippen MR) is 152 cm³/mol. The minimum Gasteiger partial charge on any atom is -0.494 e. The number of methoxy groups -OCH3 is 1. The van der Waals surface area contributed by atoms with Crippen molar-refractivity contribution in [2.45, 2.75) is 51.0 Å². The lowest BCUT2D eigenvalue weighted by atomic mass is 9.87. The van der Waals surface area contributed by atoms with Crippen LogP contribution < -0.4 is 10.1 Å². The lowest BCUT2D eigenvalue weighted by Crippen LogP contribution is -2.43. The number of carbonyl (C=O) groups is 1. The van der Waals surface area contributed by atoms with Gasteiger partial charge in [-0.2, -0.15) is 17.6 Å². The summed E-state index contributed by atoms with van der Waals surface area (Å²) in [5.41, 5.74) is -4.47. The van der Waals surface area contributed by atoms with Gasteiger partial charge in [0.05, 0.1) is 30.5 Å². The maximum atomic E-state index is 15.7. The van der Waals surface area contributed by atoms with Crippen molar-refractivity contribution >= 4 is 16.8 Å². The van der Waals surface area contributed by atoms with E-state index in [1.165, 1.54) is 52.1 Å². The molecule has 1 fully saturated rings. The molecule has 2 aromatic heterocycles. The molecule has 1 aliphatic carbocycles. The van der Waals surface area contributed by atoms with E-state index in [0.717, 1.165) is 24.3 Å². The second-order valence-electron chi connectivity index (χ2n) is 11.6. The monoisotopic (exact) mass is 615 g/mol. The van der Waals surface area contributed by atoms with E-state index in [9.17, 15) is 32.6 Å². The molecule has 232 valence electrons. The first-order chi connectivity index (χ1) is 20.5. The number of pyridine rings is 2. The van der Waals surface area contributed by atoms with Crippen LogP contribution in [0.25, 0.3) is 22.2 Å². The maximum Gasteiger partial charge on any atom is 0.416 e. The summed E-state index contributed by atoms with van der Waals surface area (Å²) in [4.78, 5) is 21.6. The summed E-state index contributed by atoms with van der Waals surface area (Å²) in [6.07, 6.45) is -3.46. The Morgan fingerprint density at radius 1 is 1.02 bits per heavy atom. The van der Waals surface area contributed by atoms with E-state index >= 15 is 4.39 Å². The second kappa shape index (κ2) is 11.1. The van der Waals surface area contributed by atoms with E-state index in [2.05, 4.69) is 15.3 Å². The Morgan fingerprint density at radius 3 is 2.25 bits per heavy atom. The van der Waals surface area contributed by atoms with E-state index < -0.39 is 40.6 Å². The van der Waals surface area contributed by atoms with Gasteiger partial charge < -0.3 is 20.3 Å². The number of rotatable bonds is 8. The number of halogens is 5. The first-order valence-electron chi connectivity index (χ1n) is 13.8. The number of fused-ring (bicyclic) bond motifs is 1. The van der Waals surface area contributed by atoms with Crippen LogP contribution in [0.4, 0.5) is 22.0 Å². The normalized spacial score (nSPS) is 15.2. The molecule has 3 N–H and O–H groups in total. The number of aryl methyl sites for hydroxylation is 1. The molecule has 0 bridgehead atoms. The van der Waals surface area contributed by atoms with E-state index in [1.807, 2.05) is 0 Å². The Bertz CT molecular complexity index is 1750. The number of aliphatic hydroxyl groups is 2. The third-order valence-corrected chi connectivity index (χ3v) is 7.81. The smallest absolute Gasteiger partial charge is 0.416 e. The summed E-state index contributed by atoms with van der Waals surface area (Å²) >= 11 is 0. The van der Waals surface area contributed by atoms with Crippen molar-refractivity contribution in [3.8, 4) is 17.0 Å².